The Bertz CT molecular complexity index is 420. The summed E-state index contributed by atoms with van der Waals surface area (Å²) in [5, 5.41) is 10.2. The fraction of sp³-hybridized carbons (Fsp3) is 0.875. The van der Waals surface area contributed by atoms with Gasteiger partial charge in [0.15, 0.2) is 5.96 Å². The normalized spacial score (nSPS) is 17.4. The molecule has 0 saturated carbocycles. The number of guanidine groups is 1. The molecular formula is C16H32N4O3. The standard InChI is InChI=1S/C16H32N4O3/c1-6-16(22,7-2)12-18-13(17)19-8-10-20(11-9-19)14(21)23-15(3,4)5/h22H,6-12H2,1-5H3,(H2,17,18). The highest BCUT2D eigenvalue weighted by molar-refractivity contribution is 5.78. The summed E-state index contributed by atoms with van der Waals surface area (Å²) < 4.78 is 5.37. The quantitative estimate of drug-likeness (QED) is 0.601. The van der Waals surface area contributed by atoms with Crippen LogP contribution >= 0.6 is 0 Å². The Morgan fingerprint density at radius 3 is 2.04 bits per heavy atom. The maximum Gasteiger partial charge on any atom is 0.410 e. The summed E-state index contributed by atoms with van der Waals surface area (Å²) in [6.45, 7) is 12.1. The Hall–Kier alpha value is -1.50. The van der Waals surface area contributed by atoms with Crippen LogP contribution in [0.1, 0.15) is 47.5 Å². The van der Waals surface area contributed by atoms with Crippen molar-refractivity contribution in [3.8, 4) is 0 Å². The van der Waals surface area contributed by atoms with Crippen LogP contribution < -0.4 is 5.73 Å². The van der Waals surface area contributed by atoms with Crippen molar-refractivity contribution >= 4 is 12.1 Å². The van der Waals surface area contributed by atoms with Crippen LogP contribution in [0.15, 0.2) is 4.99 Å². The largest absolute Gasteiger partial charge is 0.444 e. The molecule has 1 heterocycles. The summed E-state index contributed by atoms with van der Waals surface area (Å²) in [5.74, 6) is 0.425. The lowest BCUT2D eigenvalue weighted by Crippen LogP contribution is -2.53. The van der Waals surface area contributed by atoms with E-state index in [0.717, 1.165) is 0 Å². The molecule has 1 aliphatic heterocycles. The van der Waals surface area contributed by atoms with E-state index in [0.29, 0.717) is 51.5 Å². The van der Waals surface area contributed by atoms with Crippen LogP contribution in [-0.4, -0.2) is 70.9 Å². The minimum absolute atomic E-state index is 0.293. The van der Waals surface area contributed by atoms with Crippen molar-refractivity contribution in [1.82, 2.24) is 9.80 Å². The van der Waals surface area contributed by atoms with Crippen molar-refractivity contribution in [3.63, 3.8) is 0 Å². The molecule has 1 rings (SSSR count). The zero-order valence-corrected chi connectivity index (χ0v) is 15.1. The van der Waals surface area contributed by atoms with Crippen molar-refractivity contribution in [3.05, 3.63) is 0 Å². The van der Waals surface area contributed by atoms with Crippen LogP contribution in [0.4, 0.5) is 4.79 Å². The topological polar surface area (TPSA) is 91.4 Å². The van der Waals surface area contributed by atoms with Crippen molar-refractivity contribution in [2.45, 2.75) is 58.7 Å². The molecule has 7 nitrogen and oxygen atoms in total. The van der Waals surface area contributed by atoms with Gasteiger partial charge in [0.1, 0.15) is 5.60 Å². The molecule has 0 atom stereocenters. The highest BCUT2D eigenvalue weighted by atomic mass is 16.6. The van der Waals surface area contributed by atoms with Crippen LogP contribution in [0.5, 0.6) is 0 Å². The van der Waals surface area contributed by atoms with Crippen LogP contribution in [0, 0.1) is 0 Å². The number of carbonyl (C=O) groups excluding carboxylic acids is 1. The van der Waals surface area contributed by atoms with Gasteiger partial charge in [0.2, 0.25) is 0 Å². The van der Waals surface area contributed by atoms with E-state index in [2.05, 4.69) is 4.99 Å². The Kier molecular flexibility index (Phi) is 6.68. The second-order valence-electron chi connectivity index (χ2n) is 7.06. The number of aliphatic hydroxyl groups is 1. The SMILES string of the molecule is CCC(O)(CC)CN=C(N)N1CCN(C(=O)OC(C)(C)C)CC1. The number of amides is 1. The third-order valence-electron chi connectivity index (χ3n) is 4.11. The van der Waals surface area contributed by atoms with E-state index >= 15 is 0 Å². The van der Waals surface area contributed by atoms with Gasteiger partial charge in [-0.05, 0) is 33.6 Å². The molecule has 0 aliphatic carbocycles. The molecule has 0 unspecified atom stereocenters. The number of rotatable bonds is 4. The van der Waals surface area contributed by atoms with Crippen LogP contribution in [0.25, 0.3) is 0 Å². The molecule has 1 amide bonds. The van der Waals surface area contributed by atoms with Gasteiger partial charge in [0, 0.05) is 26.2 Å². The lowest BCUT2D eigenvalue weighted by atomic mass is 9.98. The van der Waals surface area contributed by atoms with Gasteiger partial charge in [-0.3, -0.25) is 4.99 Å². The second-order valence-corrected chi connectivity index (χ2v) is 7.06. The zero-order valence-electron chi connectivity index (χ0n) is 15.1. The van der Waals surface area contributed by atoms with Crippen LogP contribution in [0.3, 0.4) is 0 Å². The average molecular weight is 328 g/mol. The van der Waals surface area contributed by atoms with Gasteiger partial charge in [-0.15, -0.1) is 0 Å². The molecule has 3 N–H and O–H groups in total. The van der Waals surface area contributed by atoms with Gasteiger partial charge < -0.3 is 25.4 Å². The van der Waals surface area contributed by atoms with Gasteiger partial charge in [0.25, 0.3) is 0 Å². The summed E-state index contributed by atoms with van der Waals surface area (Å²) in [6, 6.07) is 0. The van der Waals surface area contributed by atoms with E-state index in [1.54, 1.807) is 4.90 Å². The van der Waals surface area contributed by atoms with Crippen molar-refractivity contribution in [2.24, 2.45) is 10.7 Å². The summed E-state index contributed by atoms with van der Waals surface area (Å²) >= 11 is 0. The van der Waals surface area contributed by atoms with Gasteiger partial charge in [0.05, 0.1) is 12.1 Å². The molecule has 1 aliphatic rings. The maximum atomic E-state index is 12.0. The lowest BCUT2D eigenvalue weighted by molar-refractivity contribution is 0.0185. The Labute approximate surface area is 139 Å². The predicted octanol–water partition coefficient (Wildman–Crippen LogP) is 1.40. The number of nitrogens with zero attached hydrogens (tertiary/aromatic N) is 3. The third-order valence-corrected chi connectivity index (χ3v) is 4.11. The van der Waals surface area contributed by atoms with Crippen LogP contribution in [-0.2, 0) is 4.74 Å². The summed E-state index contributed by atoms with van der Waals surface area (Å²) in [7, 11) is 0. The molecule has 7 heteroatoms. The predicted molar refractivity (Wildman–Crippen MR) is 91.4 cm³/mol. The molecule has 0 bridgehead atoms. The number of hydrogen-bond donors (Lipinski definition) is 2. The van der Waals surface area contributed by atoms with E-state index in [1.807, 2.05) is 39.5 Å². The smallest absolute Gasteiger partial charge is 0.410 e. The molecule has 0 radical (unpaired) electrons. The first kappa shape index (κ1) is 19.5. The Morgan fingerprint density at radius 2 is 1.61 bits per heavy atom. The highest BCUT2D eigenvalue weighted by Gasteiger charge is 2.27. The van der Waals surface area contributed by atoms with Crippen molar-refractivity contribution in [1.29, 1.82) is 0 Å². The van der Waals surface area contributed by atoms with Crippen molar-refractivity contribution in [2.75, 3.05) is 32.7 Å². The number of piperazine rings is 1. The molecular weight excluding hydrogens is 296 g/mol. The lowest BCUT2D eigenvalue weighted by Gasteiger charge is -2.36. The fourth-order valence-electron chi connectivity index (χ4n) is 2.25. The fourth-order valence-corrected chi connectivity index (χ4v) is 2.25. The maximum absolute atomic E-state index is 12.0. The van der Waals surface area contributed by atoms with E-state index in [1.165, 1.54) is 0 Å². The number of nitrogens with two attached hydrogens (primary N) is 1. The van der Waals surface area contributed by atoms with Crippen LogP contribution in [0.2, 0.25) is 0 Å². The molecule has 0 aromatic carbocycles. The monoisotopic (exact) mass is 328 g/mol. The summed E-state index contributed by atoms with van der Waals surface area (Å²) in [5.41, 5.74) is 4.74. The first-order chi connectivity index (χ1) is 10.6. The highest BCUT2D eigenvalue weighted by Crippen LogP contribution is 2.15. The van der Waals surface area contributed by atoms with E-state index in [4.69, 9.17) is 10.5 Å². The molecule has 0 aromatic heterocycles. The van der Waals surface area contributed by atoms with Gasteiger partial charge in [-0.2, -0.15) is 0 Å². The number of carbonyl (C=O) groups is 1. The molecule has 1 fully saturated rings. The van der Waals surface area contributed by atoms with Gasteiger partial charge in [-0.25, -0.2) is 4.79 Å². The van der Waals surface area contributed by atoms with Gasteiger partial charge >= 0.3 is 6.09 Å². The molecule has 134 valence electrons. The van der Waals surface area contributed by atoms with E-state index in [9.17, 15) is 9.90 Å². The number of ether oxygens (including phenoxy) is 1. The first-order valence-corrected chi connectivity index (χ1v) is 8.35. The minimum atomic E-state index is -0.789. The average Bonchev–Trinajstić information content (AvgIpc) is 2.50. The van der Waals surface area contributed by atoms with E-state index in [-0.39, 0.29) is 6.09 Å². The van der Waals surface area contributed by atoms with E-state index < -0.39 is 11.2 Å². The number of hydrogen-bond acceptors (Lipinski definition) is 4. The summed E-state index contributed by atoms with van der Waals surface area (Å²) in [6.07, 6.45) is 0.998. The van der Waals surface area contributed by atoms with Crippen molar-refractivity contribution < 1.29 is 14.6 Å². The molecule has 23 heavy (non-hydrogen) atoms. The minimum Gasteiger partial charge on any atom is -0.444 e. The summed E-state index contributed by atoms with van der Waals surface area (Å²) in [4.78, 5) is 20.0. The Balaban J connectivity index is 2.51. The molecule has 1 saturated heterocycles. The second kappa shape index (κ2) is 7.86. The number of aliphatic imine (C=N–C) groups is 1. The zero-order chi connectivity index (χ0) is 17.7. The molecule has 0 spiro atoms. The molecule has 0 aromatic rings. The Morgan fingerprint density at radius 1 is 1.13 bits per heavy atom. The first-order valence-electron chi connectivity index (χ1n) is 8.35. The van der Waals surface area contributed by atoms with Gasteiger partial charge in [-0.1, -0.05) is 13.8 Å². The third kappa shape index (κ3) is 6.25.